The smallest absolute Gasteiger partial charge is 0.339 e. The number of benzene rings is 2. The van der Waals surface area contributed by atoms with E-state index in [4.69, 9.17) is 16.6 Å². The molecular formula is C23H17ClF3N3S2. The van der Waals surface area contributed by atoms with Crippen molar-refractivity contribution in [2.24, 2.45) is 0 Å². The third-order valence-corrected chi connectivity index (χ3v) is 7.72. The Labute approximate surface area is 196 Å². The van der Waals surface area contributed by atoms with Crippen molar-refractivity contribution >= 4 is 56.4 Å². The molecule has 4 aromatic rings. The molecular weight excluding hydrogens is 475 g/mol. The van der Waals surface area contributed by atoms with E-state index < -0.39 is 11.7 Å². The molecule has 2 aromatic carbocycles. The quantitative estimate of drug-likeness (QED) is 0.288. The number of thiophene rings is 1. The van der Waals surface area contributed by atoms with Crippen LogP contribution in [0.2, 0.25) is 5.02 Å². The second-order valence-electron chi connectivity index (χ2n) is 7.44. The number of thioether (sulfide) groups is 1. The first-order chi connectivity index (χ1) is 15.4. The molecule has 0 bridgehead atoms. The average molecular weight is 492 g/mol. The van der Waals surface area contributed by atoms with Crippen molar-refractivity contribution in [2.45, 2.75) is 36.1 Å². The highest BCUT2D eigenvalue weighted by atomic mass is 35.5. The largest absolute Gasteiger partial charge is 0.418 e. The van der Waals surface area contributed by atoms with Crippen molar-refractivity contribution in [2.75, 3.05) is 5.32 Å². The number of aromatic nitrogens is 2. The minimum absolute atomic E-state index is 0.00532. The molecule has 9 heteroatoms. The normalized spacial score (nSPS) is 13.5. The van der Waals surface area contributed by atoms with E-state index in [0.29, 0.717) is 22.4 Å². The summed E-state index contributed by atoms with van der Waals surface area (Å²) in [6.07, 6.45) is -1.54. The van der Waals surface area contributed by atoms with Gasteiger partial charge in [0.25, 0.3) is 0 Å². The first-order valence-electron chi connectivity index (χ1n) is 10.0. The number of alkyl halides is 3. The predicted molar refractivity (Wildman–Crippen MR) is 125 cm³/mol. The van der Waals surface area contributed by atoms with Gasteiger partial charge in [0.05, 0.1) is 22.4 Å². The van der Waals surface area contributed by atoms with Crippen LogP contribution in [0, 0.1) is 0 Å². The molecule has 0 radical (unpaired) electrons. The average Bonchev–Trinajstić information content (AvgIpc) is 3.34. The summed E-state index contributed by atoms with van der Waals surface area (Å²) in [5.41, 5.74) is 0.443. The number of rotatable bonds is 5. The third-order valence-electron chi connectivity index (χ3n) is 5.28. The van der Waals surface area contributed by atoms with E-state index >= 15 is 0 Å². The number of nitrogens with one attached hydrogen (secondary N) is 1. The maximum atomic E-state index is 13.6. The molecule has 0 amide bonds. The molecule has 0 saturated carbocycles. The molecule has 1 N–H and O–H groups in total. The Hall–Kier alpha value is -2.29. The molecule has 1 aliphatic rings. The van der Waals surface area contributed by atoms with Gasteiger partial charge >= 0.3 is 6.18 Å². The number of para-hydroxylation sites is 1. The number of halogens is 4. The van der Waals surface area contributed by atoms with Gasteiger partial charge in [-0.05, 0) is 61.2 Å². The Balaban J connectivity index is 1.54. The highest BCUT2D eigenvalue weighted by molar-refractivity contribution is 7.98. The number of nitrogens with zero attached hydrogens (tertiary/aromatic N) is 2. The van der Waals surface area contributed by atoms with E-state index in [1.807, 2.05) is 24.3 Å². The van der Waals surface area contributed by atoms with Crippen molar-refractivity contribution in [3.8, 4) is 0 Å². The standard InChI is InChI=1S/C23H17ClF3N3S2/c24-13-8-10-14(11-9-13)31-12-19-29-21(20-15-4-3-7-18(15)32-22(20)30-19)28-17-6-2-1-5-16(17)23(25,26)27/h1-2,5-6,8-11H,3-4,7,12H2,(H,28,29,30). The number of aryl methyl sites for hydroxylation is 2. The molecule has 2 heterocycles. The van der Waals surface area contributed by atoms with Gasteiger partial charge in [0, 0.05) is 14.8 Å². The van der Waals surface area contributed by atoms with E-state index in [1.54, 1.807) is 29.2 Å². The summed E-state index contributed by atoms with van der Waals surface area (Å²) < 4.78 is 40.7. The maximum Gasteiger partial charge on any atom is 0.418 e. The van der Waals surface area contributed by atoms with Gasteiger partial charge in [-0.1, -0.05) is 23.7 Å². The van der Waals surface area contributed by atoms with E-state index in [-0.39, 0.29) is 5.69 Å². The van der Waals surface area contributed by atoms with Crippen LogP contribution in [0.3, 0.4) is 0 Å². The van der Waals surface area contributed by atoms with E-state index in [2.05, 4.69) is 10.3 Å². The van der Waals surface area contributed by atoms with Gasteiger partial charge in [-0.2, -0.15) is 13.2 Å². The van der Waals surface area contributed by atoms with Crippen molar-refractivity contribution in [1.82, 2.24) is 9.97 Å². The van der Waals surface area contributed by atoms with Crippen LogP contribution in [0.1, 0.15) is 28.2 Å². The van der Waals surface area contributed by atoms with Gasteiger partial charge in [0.1, 0.15) is 16.5 Å². The summed E-state index contributed by atoms with van der Waals surface area (Å²) in [6, 6.07) is 13.0. The van der Waals surface area contributed by atoms with E-state index in [1.165, 1.54) is 17.0 Å². The number of anilines is 2. The number of fused-ring (bicyclic) bond motifs is 3. The summed E-state index contributed by atoms with van der Waals surface area (Å²) in [4.78, 5) is 12.5. The van der Waals surface area contributed by atoms with E-state index in [9.17, 15) is 13.2 Å². The first-order valence-corrected chi connectivity index (χ1v) is 12.2. The lowest BCUT2D eigenvalue weighted by Crippen LogP contribution is -2.10. The molecule has 3 nitrogen and oxygen atoms in total. The molecule has 0 unspecified atom stereocenters. The van der Waals surface area contributed by atoms with Gasteiger partial charge in [-0.15, -0.1) is 23.1 Å². The zero-order valence-electron chi connectivity index (χ0n) is 16.7. The van der Waals surface area contributed by atoms with Crippen LogP contribution in [-0.4, -0.2) is 9.97 Å². The Kier molecular flexibility index (Phi) is 5.77. The molecule has 0 atom stereocenters. The zero-order valence-corrected chi connectivity index (χ0v) is 19.1. The lowest BCUT2D eigenvalue weighted by molar-refractivity contribution is -0.136. The zero-order chi connectivity index (χ0) is 22.3. The van der Waals surface area contributed by atoms with Crippen LogP contribution < -0.4 is 5.32 Å². The van der Waals surface area contributed by atoms with Gasteiger partial charge in [0.15, 0.2) is 0 Å². The van der Waals surface area contributed by atoms with Crippen LogP contribution in [-0.2, 0) is 24.8 Å². The molecule has 0 aliphatic heterocycles. The Bertz CT molecular complexity index is 1290. The Morgan fingerprint density at radius 3 is 2.59 bits per heavy atom. The first kappa shape index (κ1) is 21.6. The van der Waals surface area contributed by atoms with E-state index in [0.717, 1.165) is 46.0 Å². The molecule has 5 rings (SSSR count). The van der Waals surface area contributed by atoms with Crippen LogP contribution in [0.4, 0.5) is 24.7 Å². The second-order valence-corrected chi connectivity index (χ2v) is 10.0. The summed E-state index contributed by atoms with van der Waals surface area (Å²) in [6.45, 7) is 0. The molecule has 0 spiro atoms. The molecule has 0 fully saturated rings. The fraction of sp³-hybridized carbons (Fsp3) is 0.217. The van der Waals surface area contributed by atoms with Crippen molar-refractivity contribution < 1.29 is 13.2 Å². The molecule has 32 heavy (non-hydrogen) atoms. The van der Waals surface area contributed by atoms with Gasteiger partial charge < -0.3 is 5.32 Å². The molecule has 2 aromatic heterocycles. The fourth-order valence-electron chi connectivity index (χ4n) is 3.84. The van der Waals surface area contributed by atoms with Crippen LogP contribution >= 0.6 is 34.7 Å². The molecule has 1 aliphatic carbocycles. The van der Waals surface area contributed by atoms with Gasteiger partial charge in [0.2, 0.25) is 0 Å². The summed E-state index contributed by atoms with van der Waals surface area (Å²) in [7, 11) is 0. The minimum Gasteiger partial charge on any atom is -0.339 e. The predicted octanol–water partition coefficient (Wildman–Crippen LogP) is 7.89. The van der Waals surface area contributed by atoms with Crippen LogP contribution in [0.25, 0.3) is 10.2 Å². The molecule has 0 saturated heterocycles. The highest BCUT2D eigenvalue weighted by Gasteiger charge is 2.33. The third kappa shape index (κ3) is 4.31. The summed E-state index contributed by atoms with van der Waals surface area (Å²) in [5, 5.41) is 4.50. The van der Waals surface area contributed by atoms with Crippen molar-refractivity contribution in [3.63, 3.8) is 0 Å². The fourth-order valence-corrected chi connectivity index (χ4v) is 6.00. The van der Waals surface area contributed by atoms with Gasteiger partial charge in [-0.3, -0.25) is 0 Å². The number of hydrogen-bond donors (Lipinski definition) is 1. The monoisotopic (exact) mass is 491 g/mol. The van der Waals surface area contributed by atoms with Crippen LogP contribution in [0.5, 0.6) is 0 Å². The highest BCUT2D eigenvalue weighted by Crippen LogP contribution is 2.42. The Morgan fingerprint density at radius 2 is 1.81 bits per heavy atom. The van der Waals surface area contributed by atoms with Crippen molar-refractivity contribution in [3.05, 3.63) is 75.4 Å². The van der Waals surface area contributed by atoms with Gasteiger partial charge in [-0.25, -0.2) is 9.97 Å². The second kappa shape index (κ2) is 8.57. The lowest BCUT2D eigenvalue weighted by Gasteiger charge is -2.15. The maximum absolute atomic E-state index is 13.6. The Morgan fingerprint density at radius 1 is 1.03 bits per heavy atom. The topological polar surface area (TPSA) is 37.8 Å². The number of hydrogen-bond acceptors (Lipinski definition) is 5. The summed E-state index contributed by atoms with van der Waals surface area (Å²) >= 11 is 9.13. The summed E-state index contributed by atoms with van der Waals surface area (Å²) in [5.74, 6) is 1.51. The van der Waals surface area contributed by atoms with Crippen LogP contribution in [0.15, 0.2) is 53.4 Å². The van der Waals surface area contributed by atoms with Crippen molar-refractivity contribution in [1.29, 1.82) is 0 Å². The SMILES string of the molecule is FC(F)(F)c1ccccc1Nc1nc(CSc2ccc(Cl)cc2)nc2sc3c(c12)CCC3. The molecule has 164 valence electrons. The minimum atomic E-state index is -4.46. The lowest BCUT2D eigenvalue weighted by atomic mass is 10.1.